The summed E-state index contributed by atoms with van der Waals surface area (Å²) < 4.78 is 5.44. The van der Waals surface area contributed by atoms with E-state index in [2.05, 4.69) is 57.1 Å². The highest BCUT2D eigenvalue weighted by Gasteiger charge is 2.21. The molecule has 0 unspecified atom stereocenters. The first-order chi connectivity index (χ1) is 14.8. The van der Waals surface area contributed by atoms with Gasteiger partial charge in [0.15, 0.2) is 5.96 Å². The highest BCUT2D eigenvalue weighted by molar-refractivity contribution is 7.09. The number of hydrogen-bond acceptors (Lipinski definition) is 5. The van der Waals surface area contributed by atoms with Gasteiger partial charge >= 0.3 is 0 Å². The second-order valence-corrected chi connectivity index (χ2v) is 8.63. The van der Waals surface area contributed by atoms with E-state index >= 15 is 0 Å². The molecule has 3 aromatic rings. The van der Waals surface area contributed by atoms with Crippen molar-refractivity contribution >= 4 is 23.1 Å². The Morgan fingerprint density at radius 2 is 2.13 bits per heavy atom. The lowest BCUT2D eigenvalue weighted by Crippen LogP contribution is -2.49. The van der Waals surface area contributed by atoms with Crippen molar-refractivity contribution in [1.29, 1.82) is 0 Å². The van der Waals surface area contributed by atoms with Crippen LogP contribution in [0.3, 0.4) is 0 Å². The van der Waals surface area contributed by atoms with E-state index in [9.17, 15) is 0 Å². The van der Waals surface area contributed by atoms with Crippen LogP contribution in [0.4, 0.5) is 5.82 Å². The van der Waals surface area contributed by atoms with E-state index in [-0.39, 0.29) is 0 Å². The molecule has 1 fully saturated rings. The quantitative estimate of drug-likeness (QED) is 0.444. The summed E-state index contributed by atoms with van der Waals surface area (Å²) in [6.45, 7) is 5.55. The molecule has 0 aromatic carbocycles. The molecule has 158 valence electrons. The van der Waals surface area contributed by atoms with Crippen LogP contribution in [0.15, 0.2) is 63.6 Å². The molecule has 0 bridgehead atoms. The van der Waals surface area contributed by atoms with E-state index in [0.29, 0.717) is 12.6 Å². The first-order valence-electron chi connectivity index (χ1n) is 10.5. The Bertz CT molecular complexity index is 898. The van der Waals surface area contributed by atoms with Crippen LogP contribution in [-0.2, 0) is 13.0 Å². The minimum atomic E-state index is 0.407. The van der Waals surface area contributed by atoms with E-state index in [1.165, 1.54) is 10.4 Å². The number of thiophene rings is 1. The van der Waals surface area contributed by atoms with E-state index in [1.807, 2.05) is 18.3 Å². The van der Waals surface area contributed by atoms with Gasteiger partial charge < -0.3 is 20.0 Å². The van der Waals surface area contributed by atoms with Gasteiger partial charge in [0.05, 0.1) is 12.8 Å². The van der Waals surface area contributed by atoms with Gasteiger partial charge in [-0.15, -0.1) is 11.3 Å². The Morgan fingerprint density at radius 3 is 2.83 bits per heavy atom. The molecule has 0 aliphatic carbocycles. The smallest absolute Gasteiger partial charge is 0.191 e. The van der Waals surface area contributed by atoms with Crippen molar-refractivity contribution in [2.24, 2.45) is 4.99 Å². The number of piperidine rings is 1. The van der Waals surface area contributed by atoms with Gasteiger partial charge in [-0.05, 0) is 55.0 Å². The number of nitrogens with zero attached hydrogens (tertiary/aromatic N) is 3. The lowest BCUT2D eigenvalue weighted by Gasteiger charge is -2.34. The molecular weight excluding hydrogens is 394 g/mol. The zero-order chi connectivity index (χ0) is 20.6. The van der Waals surface area contributed by atoms with Gasteiger partial charge in [-0.25, -0.2) is 9.98 Å². The molecule has 0 saturated carbocycles. The van der Waals surface area contributed by atoms with Gasteiger partial charge in [-0.3, -0.25) is 0 Å². The predicted octanol–water partition coefficient (Wildman–Crippen LogP) is 3.99. The molecule has 0 atom stereocenters. The topological polar surface area (TPSA) is 65.7 Å². The summed E-state index contributed by atoms with van der Waals surface area (Å²) in [6, 6.07) is 12.8. The van der Waals surface area contributed by atoms with Crippen LogP contribution in [0.1, 0.15) is 29.0 Å². The molecule has 4 rings (SSSR count). The van der Waals surface area contributed by atoms with Crippen LogP contribution in [0.25, 0.3) is 0 Å². The maximum atomic E-state index is 5.44. The standard InChI is InChI=1S/C23H29N5OS/c1-18-6-7-22(25-16-18)28-12-9-19(10-13-28)27-23(26-17-21-5-3-15-30-21)24-11-8-20-4-2-14-29-20/h2-7,14-16,19H,8-13,17H2,1H3,(H2,24,26,27). The minimum absolute atomic E-state index is 0.407. The molecule has 1 saturated heterocycles. The molecule has 0 radical (unpaired) electrons. The van der Waals surface area contributed by atoms with Crippen molar-refractivity contribution in [1.82, 2.24) is 15.6 Å². The van der Waals surface area contributed by atoms with E-state index in [1.54, 1.807) is 17.6 Å². The molecule has 0 amide bonds. The monoisotopic (exact) mass is 423 g/mol. The number of aliphatic imine (C=N–C) groups is 1. The van der Waals surface area contributed by atoms with Crippen molar-refractivity contribution in [3.8, 4) is 0 Å². The second kappa shape index (κ2) is 10.3. The van der Waals surface area contributed by atoms with Gasteiger partial charge in [-0.2, -0.15) is 0 Å². The summed E-state index contributed by atoms with van der Waals surface area (Å²) in [7, 11) is 0. The molecule has 1 aliphatic heterocycles. The number of pyridine rings is 1. The van der Waals surface area contributed by atoms with E-state index in [4.69, 9.17) is 9.41 Å². The second-order valence-electron chi connectivity index (χ2n) is 7.60. The maximum Gasteiger partial charge on any atom is 0.191 e. The molecule has 3 aromatic heterocycles. The average molecular weight is 424 g/mol. The fourth-order valence-electron chi connectivity index (χ4n) is 3.56. The number of rotatable bonds is 7. The molecule has 30 heavy (non-hydrogen) atoms. The number of hydrogen-bond donors (Lipinski definition) is 2. The number of anilines is 1. The zero-order valence-corrected chi connectivity index (χ0v) is 18.2. The van der Waals surface area contributed by atoms with Crippen molar-refractivity contribution < 1.29 is 4.42 Å². The molecular formula is C23H29N5OS. The van der Waals surface area contributed by atoms with Gasteiger partial charge in [0.25, 0.3) is 0 Å². The largest absolute Gasteiger partial charge is 0.469 e. The van der Waals surface area contributed by atoms with Crippen molar-refractivity contribution in [2.75, 3.05) is 24.5 Å². The summed E-state index contributed by atoms with van der Waals surface area (Å²) in [4.78, 5) is 13.0. The average Bonchev–Trinajstić information content (AvgIpc) is 3.47. The van der Waals surface area contributed by atoms with Gasteiger partial charge in [0.1, 0.15) is 11.6 Å². The van der Waals surface area contributed by atoms with Gasteiger partial charge in [0.2, 0.25) is 0 Å². The van der Waals surface area contributed by atoms with Crippen molar-refractivity contribution in [3.63, 3.8) is 0 Å². The van der Waals surface area contributed by atoms with Gasteiger partial charge in [0, 0.05) is 43.2 Å². The molecule has 0 spiro atoms. The SMILES string of the molecule is Cc1ccc(N2CCC(NC(=NCc3cccs3)NCCc3ccco3)CC2)nc1. The van der Waals surface area contributed by atoms with E-state index in [0.717, 1.165) is 56.4 Å². The molecule has 7 heteroatoms. The highest BCUT2D eigenvalue weighted by atomic mass is 32.1. The molecule has 1 aliphatic rings. The molecule has 6 nitrogen and oxygen atoms in total. The number of nitrogens with one attached hydrogen (secondary N) is 2. The third-order valence-electron chi connectivity index (χ3n) is 5.27. The molecule has 2 N–H and O–H groups in total. The Balaban J connectivity index is 1.31. The third kappa shape index (κ3) is 5.86. The number of aryl methyl sites for hydroxylation is 1. The van der Waals surface area contributed by atoms with Crippen LogP contribution < -0.4 is 15.5 Å². The van der Waals surface area contributed by atoms with Crippen LogP contribution in [0, 0.1) is 6.92 Å². The summed E-state index contributed by atoms with van der Waals surface area (Å²) in [6.07, 6.45) is 6.62. The van der Waals surface area contributed by atoms with Crippen LogP contribution in [-0.4, -0.2) is 36.6 Å². The molecule has 4 heterocycles. The third-order valence-corrected chi connectivity index (χ3v) is 6.13. The summed E-state index contributed by atoms with van der Waals surface area (Å²) in [5, 5.41) is 9.21. The van der Waals surface area contributed by atoms with Crippen molar-refractivity contribution in [3.05, 3.63) is 70.4 Å². The Morgan fingerprint density at radius 1 is 1.23 bits per heavy atom. The summed E-state index contributed by atoms with van der Waals surface area (Å²) >= 11 is 1.74. The Kier molecular flexibility index (Phi) is 7.03. The van der Waals surface area contributed by atoms with Crippen molar-refractivity contribution in [2.45, 2.75) is 38.8 Å². The minimum Gasteiger partial charge on any atom is -0.469 e. The fourth-order valence-corrected chi connectivity index (χ4v) is 4.19. The van der Waals surface area contributed by atoms with Crippen LogP contribution in [0.2, 0.25) is 0 Å². The van der Waals surface area contributed by atoms with E-state index < -0.39 is 0 Å². The highest BCUT2D eigenvalue weighted by Crippen LogP contribution is 2.18. The zero-order valence-electron chi connectivity index (χ0n) is 17.4. The van der Waals surface area contributed by atoms with Gasteiger partial charge in [-0.1, -0.05) is 12.1 Å². The lowest BCUT2D eigenvalue weighted by molar-refractivity contribution is 0.458. The predicted molar refractivity (Wildman–Crippen MR) is 123 cm³/mol. The first kappa shape index (κ1) is 20.5. The lowest BCUT2D eigenvalue weighted by atomic mass is 10.1. The van der Waals surface area contributed by atoms with Crippen LogP contribution >= 0.6 is 11.3 Å². The Hall–Kier alpha value is -2.80. The summed E-state index contributed by atoms with van der Waals surface area (Å²) in [5.41, 5.74) is 1.20. The maximum absolute atomic E-state index is 5.44. The number of guanidine groups is 1. The fraction of sp³-hybridized carbons (Fsp3) is 0.391. The first-order valence-corrected chi connectivity index (χ1v) is 11.4. The summed E-state index contributed by atoms with van der Waals surface area (Å²) in [5.74, 6) is 2.93. The Labute approximate surface area is 182 Å². The number of furan rings is 1. The van der Waals surface area contributed by atoms with Crippen LogP contribution in [0.5, 0.6) is 0 Å². The number of aromatic nitrogens is 1. The normalized spacial score (nSPS) is 15.4.